The van der Waals surface area contributed by atoms with Gasteiger partial charge in [-0.15, -0.1) is 12.3 Å². The van der Waals surface area contributed by atoms with E-state index in [4.69, 9.17) is 6.42 Å². The first-order valence-corrected chi connectivity index (χ1v) is 4.71. The molecule has 1 aliphatic rings. The largest absolute Gasteiger partial charge is 0.294 e. The highest BCUT2D eigenvalue weighted by molar-refractivity contribution is 4.87. The van der Waals surface area contributed by atoms with E-state index in [1.54, 1.807) is 0 Å². The summed E-state index contributed by atoms with van der Waals surface area (Å²) in [6.45, 7) is 1.39. The minimum absolute atomic E-state index is 0.554. The normalized spacial score (nSPS) is 24.6. The molecule has 0 aromatic carbocycles. The maximum absolute atomic E-state index is 12.5. The second-order valence-corrected chi connectivity index (χ2v) is 3.39. The van der Waals surface area contributed by atoms with Crippen LogP contribution in [0.3, 0.4) is 0 Å². The van der Waals surface area contributed by atoms with E-state index in [9.17, 15) is 8.78 Å². The summed E-state index contributed by atoms with van der Waals surface area (Å²) in [5.74, 6) is 2.49. The van der Waals surface area contributed by atoms with Crippen LogP contribution in [0.2, 0.25) is 0 Å². The Morgan fingerprint density at radius 3 is 2.85 bits per heavy atom. The van der Waals surface area contributed by atoms with E-state index in [0.29, 0.717) is 19.4 Å². The van der Waals surface area contributed by atoms with Crippen LogP contribution in [-0.4, -0.2) is 30.5 Å². The molecule has 1 fully saturated rings. The van der Waals surface area contributed by atoms with Crippen LogP contribution in [0.25, 0.3) is 0 Å². The van der Waals surface area contributed by atoms with Crippen molar-refractivity contribution in [3.8, 4) is 12.3 Å². The second-order valence-electron chi connectivity index (χ2n) is 3.39. The third-order valence-electron chi connectivity index (χ3n) is 2.50. The van der Waals surface area contributed by atoms with Crippen molar-refractivity contribution < 1.29 is 8.78 Å². The molecule has 1 rings (SSSR count). The van der Waals surface area contributed by atoms with Crippen LogP contribution in [-0.2, 0) is 0 Å². The Morgan fingerprint density at radius 1 is 1.46 bits per heavy atom. The highest BCUT2D eigenvalue weighted by Crippen LogP contribution is 2.22. The smallest absolute Gasteiger partial charge is 0.253 e. The first-order valence-electron chi connectivity index (χ1n) is 4.71. The van der Waals surface area contributed by atoms with E-state index in [2.05, 4.69) is 5.92 Å². The number of alkyl halides is 2. The Kier molecular flexibility index (Phi) is 4.17. The Hall–Kier alpha value is -0.620. The van der Waals surface area contributed by atoms with Crippen molar-refractivity contribution in [1.29, 1.82) is 0 Å². The molecule has 1 atom stereocenters. The molecule has 0 N–H and O–H groups in total. The van der Waals surface area contributed by atoms with Crippen LogP contribution in [0.5, 0.6) is 0 Å². The van der Waals surface area contributed by atoms with Crippen LogP contribution < -0.4 is 0 Å². The Labute approximate surface area is 78.1 Å². The summed E-state index contributed by atoms with van der Waals surface area (Å²) in [6.07, 6.45) is 6.00. The van der Waals surface area contributed by atoms with Crippen molar-refractivity contribution in [2.75, 3.05) is 13.1 Å². The van der Waals surface area contributed by atoms with E-state index in [-0.39, 0.29) is 0 Å². The molecule has 0 saturated carbocycles. The molecule has 3 heteroatoms. The van der Waals surface area contributed by atoms with Crippen molar-refractivity contribution in [3.63, 3.8) is 0 Å². The molecule has 74 valence electrons. The fourth-order valence-electron chi connectivity index (χ4n) is 1.79. The lowest BCUT2D eigenvalue weighted by molar-refractivity contribution is 0.00556. The van der Waals surface area contributed by atoms with Gasteiger partial charge in [-0.2, -0.15) is 0 Å². The summed E-state index contributed by atoms with van der Waals surface area (Å²) in [5, 5.41) is 0. The van der Waals surface area contributed by atoms with Crippen LogP contribution in [0.4, 0.5) is 8.78 Å². The van der Waals surface area contributed by atoms with Gasteiger partial charge in [-0.25, -0.2) is 8.78 Å². The Bertz CT molecular complexity index is 186. The number of halogens is 2. The summed E-state index contributed by atoms with van der Waals surface area (Å²) in [6, 6.07) is -0.554. The molecule has 1 nitrogen and oxygen atoms in total. The Morgan fingerprint density at radius 2 is 2.23 bits per heavy atom. The summed E-state index contributed by atoms with van der Waals surface area (Å²) in [4.78, 5) is 1.83. The first kappa shape index (κ1) is 10.5. The molecule has 0 aromatic rings. The number of hydrogen-bond acceptors (Lipinski definition) is 1. The number of nitrogens with zero attached hydrogens (tertiary/aromatic N) is 1. The van der Waals surface area contributed by atoms with E-state index in [1.165, 1.54) is 0 Å². The summed E-state index contributed by atoms with van der Waals surface area (Å²) in [5.41, 5.74) is 0. The predicted molar refractivity (Wildman–Crippen MR) is 48.7 cm³/mol. The predicted octanol–water partition coefficient (Wildman–Crippen LogP) is 2.13. The molecule has 1 unspecified atom stereocenters. The minimum Gasteiger partial charge on any atom is -0.294 e. The van der Waals surface area contributed by atoms with Crippen molar-refractivity contribution >= 4 is 0 Å². The van der Waals surface area contributed by atoms with Gasteiger partial charge in [-0.3, -0.25) is 4.90 Å². The van der Waals surface area contributed by atoms with Gasteiger partial charge in [0.15, 0.2) is 0 Å². The molecule has 0 bridgehead atoms. The number of likely N-dealkylation sites (tertiary alicyclic amines) is 1. The van der Waals surface area contributed by atoms with Crippen molar-refractivity contribution in [2.24, 2.45) is 0 Å². The highest BCUT2D eigenvalue weighted by atomic mass is 19.3. The number of rotatable bonds is 3. The van der Waals surface area contributed by atoms with Gasteiger partial charge in [0.05, 0.1) is 6.04 Å². The van der Waals surface area contributed by atoms with Crippen molar-refractivity contribution in [3.05, 3.63) is 0 Å². The minimum atomic E-state index is -2.22. The van der Waals surface area contributed by atoms with Gasteiger partial charge in [0.1, 0.15) is 0 Å². The summed E-state index contributed by atoms with van der Waals surface area (Å²) < 4.78 is 25.0. The topological polar surface area (TPSA) is 3.24 Å². The zero-order chi connectivity index (χ0) is 9.68. The zero-order valence-corrected chi connectivity index (χ0v) is 7.68. The third-order valence-corrected chi connectivity index (χ3v) is 2.50. The maximum Gasteiger partial charge on any atom is 0.253 e. The van der Waals surface area contributed by atoms with Gasteiger partial charge in [-0.1, -0.05) is 6.42 Å². The first-order chi connectivity index (χ1) is 6.25. The van der Waals surface area contributed by atoms with Crippen molar-refractivity contribution in [1.82, 2.24) is 4.90 Å². The average molecular weight is 187 g/mol. The monoisotopic (exact) mass is 187 g/mol. The van der Waals surface area contributed by atoms with Crippen LogP contribution in [0, 0.1) is 12.3 Å². The number of hydrogen-bond donors (Lipinski definition) is 0. The molecule has 1 heterocycles. The van der Waals surface area contributed by atoms with Gasteiger partial charge >= 0.3 is 0 Å². The van der Waals surface area contributed by atoms with Crippen LogP contribution in [0.1, 0.15) is 25.7 Å². The van der Waals surface area contributed by atoms with Crippen molar-refractivity contribution in [2.45, 2.75) is 38.2 Å². The fraction of sp³-hybridized carbons (Fsp3) is 0.800. The zero-order valence-electron chi connectivity index (χ0n) is 7.68. The molecule has 0 amide bonds. The lowest BCUT2D eigenvalue weighted by Crippen LogP contribution is -2.44. The van der Waals surface area contributed by atoms with E-state index in [1.807, 2.05) is 4.90 Å². The van der Waals surface area contributed by atoms with Gasteiger partial charge in [-0.05, 0) is 19.4 Å². The van der Waals surface area contributed by atoms with E-state index >= 15 is 0 Å². The van der Waals surface area contributed by atoms with E-state index in [0.717, 1.165) is 19.4 Å². The van der Waals surface area contributed by atoms with E-state index < -0.39 is 12.5 Å². The second kappa shape index (κ2) is 5.18. The highest BCUT2D eigenvalue weighted by Gasteiger charge is 2.28. The molecular formula is C10H15F2N. The molecule has 0 aromatic heterocycles. The van der Waals surface area contributed by atoms with Gasteiger partial charge in [0.2, 0.25) is 0 Å². The number of piperidine rings is 1. The van der Waals surface area contributed by atoms with Gasteiger partial charge < -0.3 is 0 Å². The SMILES string of the molecule is C#CCCN1CCCCC1C(F)F. The summed E-state index contributed by atoms with van der Waals surface area (Å²) in [7, 11) is 0. The quantitative estimate of drug-likeness (QED) is 0.612. The third kappa shape index (κ3) is 2.96. The maximum atomic E-state index is 12.5. The van der Waals surface area contributed by atoms with Gasteiger partial charge in [0, 0.05) is 13.0 Å². The standard InChI is InChI=1S/C10H15F2N/c1-2-3-7-13-8-5-4-6-9(13)10(11)12/h1,9-10H,3-8H2. The lowest BCUT2D eigenvalue weighted by Gasteiger charge is -2.34. The summed E-state index contributed by atoms with van der Waals surface area (Å²) >= 11 is 0. The molecule has 1 saturated heterocycles. The molecule has 0 radical (unpaired) electrons. The fourth-order valence-corrected chi connectivity index (χ4v) is 1.79. The number of terminal acetylenes is 1. The molecule has 13 heavy (non-hydrogen) atoms. The molecule has 0 spiro atoms. The molecule has 1 aliphatic heterocycles. The Balaban J connectivity index is 2.42. The molecule has 0 aliphatic carbocycles. The van der Waals surface area contributed by atoms with Crippen LogP contribution >= 0.6 is 0 Å². The van der Waals surface area contributed by atoms with Crippen LogP contribution in [0.15, 0.2) is 0 Å². The van der Waals surface area contributed by atoms with Gasteiger partial charge in [0.25, 0.3) is 6.43 Å². The average Bonchev–Trinajstić information content (AvgIpc) is 2.15. The lowest BCUT2D eigenvalue weighted by atomic mass is 10.0. The molecular weight excluding hydrogens is 172 g/mol.